The second-order valence-electron chi connectivity index (χ2n) is 3.67. The minimum Gasteiger partial charge on any atom is -0.384 e. The summed E-state index contributed by atoms with van der Waals surface area (Å²) in [6.45, 7) is 0. The Balaban J connectivity index is 2.02. The summed E-state index contributed by atoms with van der Waals surface area (Å²) >= 11 is 0. The Kier molecular flexibility index (Phi) is 2.72. The summed E-state index contributed by atoms with van der Waals surface area (Å²) in [5, 5.41) is 0. The highest BCUT2D eigenvalue weighted by molar-refractivity contribution is 5.36. The molecule has 3 nitrogen and oxygen atoms in total. The average molecular weight is 201 g/mol. The molecule has 1 heterocycles. The van der Waals surface area contributed by atoms with Crippen LogP contribution in [0.25, 0.3) is 0 Å². The van der Waals surface area contributed by atoms with Gasteiger partial charge in [-0.1, -0.05) is 30.3 Å². The zero-order chi connectivity index (χ0) is 10.7. The molecule has 0 aliphatic carbocycles. The molecule has 2 aromatic rings. The van der Waals surface area contributed by atoms with Crippen LogP contribution in [0.3, 0.4) is 0 Å². The smallest absolute Gasteiger partial charge is 0.126 e. The van der Waals surface area contributed by atoms with Gasteiger partial charge in [0.15, 0.2) is 0 Å². The molecule has 2 N–H and O–H groups in total. The first-order valence-electron chi connectivity index (χ1n) is 5.07. The number of rotatable bonds is 3. The maximum absolute atomic E-state index is 5.87. The second-order valence-corrected chi connectivity index (χ2v) is 3.67. The van der Waals surface area contributed by atoms with Crippen LogP contribution in [0.4, 0.5) is 5.82 Å². The highest BCUT2D eigenvalue weighted by Crippen LogP contribution is 2.11. The number of anilines is 1. The number of hydrogen-bond acceptors (Lipinski definition) is 2. The number of hydrogen-bond donors (Lipinski definition) is 1. The molecular weight excluding hydrogens is 186 g/mol. The number of nitrogens with two attached hydrogens (primary N) is 1. The van der Waals surface area contributed by atoms with Crippen LogP contribution in [-0.4, -0.2) is 9.55 Å². The summed E-state index contributed by atoms with van der Waals surface area (Å²) < 4.78 is 1.85. The van der Waals surface area contributed by atoms with E-state index in [-0.39, 0.29) is 0 Å². The van der Waals surface area contributed by atoms with Crippen molar-refractivity contribution in [1.82, 2.24) is 9.55 Å². The van der Waals surface area contributed by atoms with Crippen molar-refractivity contribution in [2.75, 3.05) is 5.73 Å². The minimum absolute atomic E-state index is 0.769. The zero-order valence-corrected chi connectivity index (χ0v) is 8.85. The van der Waals surface area contributed by atoms with E-state index in [1.807, 2.05) is 17.7 Å². The van der Waals surface area contributed by atoms with Gasteiger partial charge in [-0.15, -0.1) is 0 Å². The van der Waals surface area contributed by atoms with Gasteiger partial charge >= 0.3 is 0 Å². The summed E-state index contributed by atoms with van der Waals surface area (Å²) in [5.74, 6) is 0.769. The fourth-order valence-electron chi connectivity index (χ4n) is 1.59. The molecule has 1 aromatic heterocycles. The standard InChI is InChI=1S/C12H15N3/c1-15-9-14-11(12(15)13)8-7-10-5-3-2-4-6-10/h2-6,9H,7-8,13H2,1H3. The number of aromatic nitrogens is 2. The molecule has 0 amide bonds. The fraction of sp³-hybridized carbons (Fsp3) is 0.250. The summed E-state index contributed by atoms with van der Waals surface area (Å²) in [7, 11) is 1.91. The number of imidazole rings is 1. The predicted molar refractivity (Wildman–Crippen MR) is 61.5 cm³/mol. The Hall–Kier alpha value is -1.77. The first kappa shape index (κ1) is 9.77. The quantitative estimate of drug-likeness (QED) is 0.822. The van der Waals surface area contributed by atoms with Gasteiger partial charge in [0, 0.05) is 7.05 Å². The van der Waals surface area contributed by atoms with Gasteiger partial charge in [-0.25, -0.2) is 4.98 Å². The lowest BCUT2D eigenvalue weighted by Gasteiger charge is -2.00. The molecule has 1 aromatic carbocycles. The predicted octanol–water partition coefficient (Wildman–Crippen LogP) is 1.79. The van der Waals surface area contributed by atoms with E-state index in [4.69, 9.17) is 5.73 Å². The van der Waals surface area contributed by atoms with Gasteiger partial charge in [-0.05, 0) is 18.4 Å². The van der Waals surface area contributed by atoms with Gasteiger partial charge in [-0.2, -0.15) is 0 Å². The Bertz CT molecular complexity index is 431. The van der Waals surface area contributed by atoms with Crippen molar-refractivity contribution < 1.29 is 0 Å². The average Bonchev–Trinajstić information content (AvgIpc) is 2.59. The Morgan fingerprint density at radius 3 is 2.53 bits per heavy atom. The normalized spacial score (nSPS) is 10.5. The number of aryl methyl sites for hydroxylation is 3. The molecule has 0 saturated carbocycles. The van der Waals surface area contributed by atoms with E-state index in [1.54, 1.807) is 6.33 Å². The van der Waals surface area contributed by atoms with E-state index in [1.165, 1.54) is 5.56 Å². The molecule has 0 unspecified atom stereocenters. The summed E-state index contributed by atoms with van der Waals surface area (Å²) in [4.78, 5) is 4.27. The molecule has 0 radical (unpaired) electrons. The van der Waals surface area contributed by atoms with E-state index in [2.05, 4.69) is 29.2 Å². The lowest BCUT2D eigenvalue weighted by atomic mass is 10.1. The molecule has 0 atom stereocenters. The topological polar surface area (TPSA) is 43.8 Å². The first-order valence-corrected chi connectivity index (χ1v) is 5.07. The monoisotopic (exact) mass is 201 g/mol. The number of nitrogen functional groups attached to an aromatic ring is 1. The van der Waals surface area contributed by atoms with Gasteiger partial charge in [0.05, 0.1) is 12.0 Å². The van der Waals surface area contributed by atoms with E-state index < -0.39 is 0 Å². The molecule has 78 valence electrons. The second kappa shape index (κ2) is 4.17. The third-order valence-corrected chi connectivity index (χ3v) is 2.56. The van der Waals surface area contributed by atoms with Crippen LogP contribution in [0.15, 0.2) is 36.7 Å². The van der Waals surface area contributed by atoms with Gasteiger partial charge < -0.3 is 10.3 Å². The Labute approximate surface area is 89.6 Å². The highest BCUT2D eigenvalue weighted by Gasteiger charge is 2.04. The van der Waals surface area contributed by atoms with Crippen molar-refractivity contribution in [1.29, 1.82) is 0 Å². The van der Waals surface area contributed by atoms with E-state index >= 15 is 0 Å². The maximum Gasteiger partial charge on any atom is 0.126 e. The van der Waals surface area contributed by atoms with Gasteiger partial charge in [0.2, 0.25) is 0 Å². The molecule has 0 spiro atoms. The van der Waals surface area contributed by atoms with Crippen LogP contribution < -0.4 is 5.73 Å². The number of benzene rings is 1. The van der Waals surface area contributed by atoms with Crippen LogP contribution in [-0.2, 0) is 19.9 Å². The van der Waals surface area contributed by atoms with Crippen molar-refractivity contribution in [2.45, 2.75) is 12.8 Å². The lowest BCUT2D eigenvalue weighted by molar-refractivity contribution is 0.918. The van der Waals surface area contributed by atoms with Crippen molar-refractivity contribution in [3.05, 3.63) is 47.9 Å². The van der Waals surface area contributed by atoms with E-state index in [0.29, 0.717) is 0 Å². The Morgan fingerprint density at radius 2 is 1.93 bits per heavy atom. The van der Waals surface area contributed by atoms with Gasteiger partial charge in [0.1, 0.15) is 5.82 Å². The third-order valence-electron chi connectivity index (χ3n) is 2.56. The molecule has 0 fully saturated rings. The van der Waals surface area contributed by atoms with E-state index in [9.17, 15) is 0 Å². The molecule has 3 heteroatoms. The van der Waals surface area contributed by atoms with Crippen molar-refractivity contribution >= 4 is 5.82 Å². The van der Waals surface area contributed by atoms with Crippen molar-refractivity contribution in [2.24, 2.45) is 7.05 Å². The minimum atomic E-state index is 0.769. The summed E-state index contributed by atoms with van der Waals surface area (Å²) in [6, 6.07) is 10.4. The van der Waals surface area contributed by atoms with E-state index in [0.717, 1.165) is 24.4 Å². The summed E-state index contributed by atoms with van der Waals surface area (Å²) in [6.07, 6.45) is 3.65. The van der Waals surface area contributed by atoms with Crippen LogP contribution >= 0.6 is 0 Å². The molecule has 0 saturated heterocycles. The zero-order valence-electron chi connectivity index (χ0n) is 8.85. The molecule has 15 heavy (non-hydrogen) atoms. The van der Waals surface area contributed by atoms with Crippen LogP contribution in [0.5, 0.6) is 0 Å². The van der Waals surface area contributed by atoms with Crippen LogP contribution in [0, 0.1) is 0 Å². The molecular formula is C12H15N3. The first-order chi connectivity index (χ1) is 7.27. The SMILES string of the molecule is Cn1cnc(CCc2ccccc2)c1N. The van der Waals surface area contributed by atoms with Gasteiger partial charge in [-0.3, -0.25) is 0 Å². The molecule has 0 aliphatic heterocycles. The molecule has 0 aliphatic rings. The van der Waals surface area contributed by atoms with Crippen molar-refractivity contribution in [3.8, 4) is 0 Å². The fourth-order valence-corrected chi connectivity index (χ4v) is 1.59. The largest absolute Gasteiger partial charge is 0.384 e. The molecule has 2 rings (SSSR count). The third kappa shape index (κ3) is 2.18. The van der Waals surface area contributed by atoms with Crippen LogP contribution in [0.1, 0.15) is 11.3 Å². The maximum atomic E-state index is 5.87. The summed E-state index contributed by atoms with van der Waals surface area (Å²) in [5.41, 5.74) is 8.18. The lowest BCUT2D eigenvalue weighted by Crippen LogP contribution is -1.99. The van der Waals surface area contributed by atoms with Crippen LogP contribution in [0.2, 0.25) is 0 Å². The highest BCUT2D eigenvalue weighted by atomic mass is 15.1. The Morgan fingerprint density at radius 1 is 1.20 bits per heavy atom. The molecule has 0 bridgehead atoms. The van der Waals surface area contributed by atoms with Crippen molar-refractivity contribution in [3.63, 3.8) is 0 Å². The number of nitrogens with zero attached hydrogens (tertiary/aromatic N) is 2. The van der Waals surface area contributed by atoms with Gasteiger partial charge in [0.25, 0.3) is 0 Å².